The first kappa shape index (κ1) is 14.3. The molecule has 0 atom stereocenters. The van der Waals surface area contributed by atoms with Crippen LogP contribution in [0, 0.1) is 0 Å². The lowest BCUT2D eigenvalue weighted by atomic mass is 10.3. The molecule has 0 saturated heterocycles. The highest BCUT2D eigenvalue weighted by Crippen LogP contribution is 2.16. The molecule has 0 radical (unpaired) electrons. The second kappa shape index (κ2) is 7.55. The van der Waals surface area contributed by atoms with E-state index in [2.05, 4.69) is 4.74 Å². The van der Waals surface area contributed by atoms with Crippen molar-refractivity contribution in [2.75, 3.05) is 41.0 Å². The van der Waals surface area contributed by atoms with Crippen LogP contribution in [0.5, 0.6) is 11.5 Å². The molecule has 0 heterocycles. The summed E-state index contributed by atoms with van der Waals surface area (Å²) in [5.74, 6) is 1.33. The van der Waals surface area contributed by atoms with Gasteiger partial charge in [0.2, 0.25) is 0 Å². The molecule has 0 aliphatic carbocycles. The van der Waals surface area contributed by atoms with Crippen LogP contribution in [0.15, 0.2) is 24.3 Å². The fraction of sp³-hybridized carbons (Fsp3) is 0.462. The molecule has 0 unspecified atom stereocenters. The van der Waals surface area contributed by atoms with Crippen LogP contribution in [0.1, 0.15) is 0 Å². The molecule has 5 nitrogen and oxygen atoms in total. The standard InChI is InChI=1S/C13H19NO4/c1-14(10-13(15)17-3)8-9-18-12-6-4-11(16-2)5-7-12/h4-7H,8-10H2,1-3H3. The molecule has 18 heavy (non-hydrogen) atoms. The van der Waals surface area contributed by atoms with E-state index in [-0.39, 0.29) is 12.5 Å². The highest BCUT2D eigenvalue weighted by atomic mass is 16.5. The number of methoxy groups -OCH3 is 2. The summed E-state index contributed by atoms with van der Waals surface area (Å²) < 4.78 is 15.2. The smallest absolute Gasteiger partial charge is 0.319 e. The first-order valence-corrected chi connectivity index (χ1v) is 5.68. The average molecular weight is 253 g/mol. The average Bonchev–Trinajstić information content (AvgIpc) is 2.39. The molecule has 0 spiro atoms. The van der Waals surface area contributed by atoms with Gasteiger partial charge in [0.1, 0.15) is 18.1 Å². The van der Waals surface area contributed by atoms with Crippen molar-refractivity contribution in [2.45, 2.75) is 0 Å². The summed E-state index contributed by atoms with van der Waals surface area (Å²) in [5.41, 5.74) is 0. The number of hydrogen-bond acceptors (Lipinski definition) is 5. The Kier molecular flexibility index (Phi) is 6.00. The number of ether oxygens (including phenoxy) is 3. The summed E-state index contributed by atoms with van der Waals surface area (Å²) in [6, 6.07) is 7.37. The molecule has 0 aliphatic rings. The Labute approximate surface area is 107 Å². The number of carbonyl (C=O) groups is 1. The van der Waals surface area contributed by atoms with Crippen LogP contribution in [-0.4, -0.2) is 51.8 Å². The van der Waals surface area contributed by atoms with Crippen LogP contribution >= 0.6 is 0 Å². The largest absolute Gasteiger partial charge is 0.497 e. The highest BCUT2D eigenvalue weighted by Gasteiger charge is 2.05. The fourth-order valence-corrected chi connectivity index (χ4v) is 1.36. The number of nitrogens with zero attached hydrogens (tertiary/aromatic N) is 1. The van der Waals surface area contributed by atoms with E-state index in [9.17, 15) is 4.79 Å². The van der Waals surface area contributed by atoms with E-state index in [4.69, 9.17) is 9.47 Å². The van der Waals surface area contributed by atoms with Crippen molar-refractivity contribution in [1.29, 1.82) is 0 Å². The van der Waals surface area contributed by atoms with Gasteiger partial charge < -0.3 is 14.2 Å². The van der Waals surface area contributed by atoms with Crippen molar-refractivity contribution < 1.29 is 19.0 Å². The van der Waals surface area contributed by atoms with E-state index < -0.39 is 0 Å². The third-order valence-corrected chi connectivity index (χ3v) is 2.43. The van der Waals surface area contributed by atoms with Crippen molar-refractivity contribution in [1.82, 2.24) is 4.90 Å². The van der Waals surface area contributed by atoms with Gasteiger partial charge in [-0.25, -0.2) is 0 Å². The lowest BCUT2D eigenvalue weighted by Gasteiger charge is -2.15. The van der Waals surface area contributed by atoms with Gasteiger partial charge in [-0.05, 0) is 31.3 Å². The quantitative estimate of drug-likeness (QED) is 0.683. The zero-order chi connectivity index (χ0) is 13.4. The molecular formula is C13H19NO4. The molecule has 1 aromatic carbocycles. The molecule has 100 valence electrons. The number of esters is 1. The van der Waals surface area contributed by atoms with Crippen LogP contribution in [-0.2, 0) is 9.53 Å². The summed E-state index contributed by atoms with van der Waals surface area (Å²) >= 11 is 0. The van der Waals surface area contributed by atoms with Gasteiger partial charge in [0.05, 0.1) is 20.8 Å². The number of hydrogen-bond donors (Lipinski definition) is 0. The first-order valence-electron chi connectivity index (χ1n) is 5.68. The maximum atomic E-state index is 11.0. The molecule has 0 saturated carbocycles. The van der Waals surface area contributed by atoms with Gasteiger partial charge in [-0.3, -0.25) is 9.69 Å². The Morgan fingerprint density at radius 3 is 2.33 bits per heavy atom. The predicted octanol–water partition coefficient (Wildman–Crippen LogP) is 1.18. The lowest BCUT2D eigenvalue weighted by Crippen LogP contribution is -2.30. The molecule has 0 bridgehead atoms. The van der Waals surface area contributed by atoms with Gasteiger partial charge in [0.15, 0.2) is 0 Å². The van der Waals surface area contributed by atoms with Crippen LogP contribution in [0.25, 0.3) is 0 Å². The molecule has 1 aromatic rings. The maximum absolute atomic E-state index is 11.0. The molecule has 0 aliphatic heterocycles. The maximum Gasteiger partial charge on any atom is 0.319 e. The van der Waals surface area contributed by atoms with E-state index >= 15 is 0 Å². The number of likely N-dealkylation sites (N-methyl/N-ethyl adjacent to an activating group) is 1. The van der Waals surface area contributed by atoms with Crippen LogP contribution < -0.4 is 9.47 Å². The molecule has 5 heteroatoms. The molecule has 0 aromatic heterocycles. The number of carbonyl (C=O) groups excluding carboxylic acids is 1. The second-order valence-electron chi connectivity index (χ2n) is 3.84. The van der Waals surface area contributed by atoms with Gasteiger partial charge in [0.25, 0.3) is 0 Å². The van der Waals surface area contributed by atoms with Crippen molar-refractivity contribution in [3.8, 4) is 11.5 Å². The van der Waals surface area contributed by atoms with Crippen molar-refractivity contribution in [3.05, 3.63) is 24.3 Å². The minimum absolute atomic E-state index is 0.248. The fourth-order valence-electron chi connectivity index (χ4n) is 1.36. The first-order chi connectivity index (χ1) is 8.65. The summed E-state index contributed by atoms with van der Waals surface area (Å²) in [6.45, 7) is 1.43. The van der Waals surface area contributed by atoms with Crippen LogP contribution in [0.2, 0.25) is 0 Å². The molecular weight excluding hydrogens is 234 g/mol. The van der Waals surface area contributed by atoms with E-state index in [0.717, 1.165) is 11.5 Å². The minimum Gasteiger partial charge on any atom is -0.497 e. The van der Waals surface area contributed by atoms with Crippen molar-refractivity contribution >= 4 is 5.97 Å². The third-order valence-electron chi connectivity index (χ3n) is 2.43. The topological polar surface area (TPSA) is 48.0 Å². The molecule has 0 fully saturated rings. The Morgan fingerprint density at radius 1 is 1.17 bits per heavy atom. The summed E-state index contributed by atoms with van der Waals surface area (Å²) in [6.07, 6.45) is 0. The number of rotatable bonds is 7. The Hall–Kier alpha value is -1.75. The predicted molar refractivity (Wildman–Crippen MR) is 68.0 cm³/mol. The van der Waals surface area contributed by atoms with Gasteiger partial charge in [-0.2, -0.15) is 0 Å². The Balaban J connectivity index is 2.26. The van der Waals surface area contributed by atoms with Crippen LogP contribution in [0.3, 0.4) is 0 Å². The van der Waals surface area contributed by atoms with Crippen molar-refractivity contribution in [2.24, 2.45) is 0 Å². The lowest BCUT2D eigenvalue weighted by molar-refractivity contribution is -0.141. The van der Waals surface area contributed by atoms with Gasteiger partial charge in [-0.1, -0.05) is 0 Å². The monoisotopic (exact) mass is 253 g/mol. The summed E-state index contributed by atoms with van der Waals surface area (Å²) in [4.78, 5) is 12.8. The van der Waals surface area contributed by atoms with Gasteiger partial charge in [0, 0.05) is 6.54 Å². The van der Waals surface area contributed by atoms with Gasteiger partial charge in [-0.15, -0.1) is 0 Å². The van der Waals surface area contributed by atoms with Gasteiger partial charge >= 0.3 is 5.97 Å². The summed E-state index contributed by atoms with van der Waals surface area (Å²) in [5, 5.41) is 0. The minimum atomic E-state index is -0.248. The Morgan fingerprint density at radius 2 is 1.78 bits per heavy atom. The van der Waals surface area contributed by atoms with Crippen LogP contribution in [0.4, 0.5) is 0 Å². The SMILES string of the molecule is COC(=O)CN(C)CCOc1ccc(OC)cc1. The second-order valence-corrected chi connectivity index (χ2v) is 3.84. The zero-order valence-electron chi connectivity index (χ0n) is 11.0. The van der Waals surface area contributed by atoms with E-state index in [1.54, 1.807) is 7.11 Å². The highest BCUT2D eigenvalue weighted by molar-refractivity contribution is 5.71. The number of benzene rings is 1. The zero-order valence-corrected chi connectivity index (χ0v) is 11.0. The van der Waals surface area contributed by atoms with E-state index in [1.807, 2.05) is 36.2 Å². The van der Waals surface area contributed by atoms with E-state index in [0.29, 0.717) is 13.2 Å². The summed E-state index contributed by atoms with van der Waals surface area (Å²) in [7, 11) is 4.84. The third kappa shape index (κ3) is 5.05. The molecule has 0 amide bonds. The van der Waals surface area contributed by atoms with Crippen molar-refractivity contribution in [3.63, 3.8) is 0 Å². The Bertz CT molecular complexity index is 364. The molecule has 0 N–H and O–H groups in total. The van der Waals surface area contributed by atoms with E-state index in [1.165, 1.54) is 7.11 Å². The normalized spacial score (nSPS) is 10.2. The molecule has 1 rings (SSSR count).